The number of carboxylic acid groups (broad SMARTS) is 1. The highest BCUT2D eigenvalue weighted by atomic mass is 16.4. The van der Waals surface area contributed by atoms with Crippen molar-refractivity contribution in [2.24, 2.45) is 5.92 Å². The Balaban J connectivity index is 3.36. The molecule has 4 nitrogen and oxygen atoms in total. The van der Waals surface area contributed by atoms with E-state index in [1.165, 1.54) is 0 Å². The van der Waals surface area contributed by atoms with E-state index in [-0.39, 0.29) is 12.3 Å². The molecule has 0 saturated heterocycles. The van der Waals surface area contributed by atoms with Crippen molar-refractivity contribution >= 4 is 11.9 Å². The first kappa shape index (κ1) is 15.9. The maximum Gasteiger partial charge on any atom is 0.303 e. The zero-order chi connectivity index (χ0) is 13.1. The molecule has 0 aromatic rings. The highest BCUT2D eigenvalue weighted by Crippen LogP contribution is 2.09. The van der Waals surface area contributed by atoms with Crippen LogP contribution < -0.4 is 5.32 Å². The van der Waals surface area contributed by atoms with Gasteiger partial charge in [0.1, 0.15) is 0 Å². The number of rotatable bonds is 10. The lowest BCUT2D eigenvalue weighted by Crippen LogP contribution is -2.25. The van der Waals surface area contributed by atoms with E-state index in [2.05, 4.69) is 19.2 Å². The molecule has 0 saturated carbocycles. The molecule has 1 atom stereocenters. The van der Waals surface area contributed by atoms with Gasteiger partial charge in [0.2, 0.25) is 5.91 Å². The molecule has 4 heteroatoms. The molecule has 0 spiro atoms. The second-order valence-electron chi connectivity index (χ2n) is 4.65. The lowest BCUT2D eigenvalue weighted by molar-refractivity contribution is -0.137. The summed E-state index contributed by atoms with van der Waals surface area (Å²) < 4.78 is 0. The molecule has 0 heterocycles. The highest BCUT2D eigenvalue weighted by Gasteiger charge is 2.07. The van der Waals surface area contributed by atoms with Crippen molar-refractivity contribution in [3.8, 4) is 0 Å². The minimum Gasteiger partial charge on any atom is -0.481 e. The topological polar surface area (TPSA) is 66.4 Å². The lowest BCUT2D eigenvalue weighted by atomic mass is 10.0. The van der Waals surface area contributed by atoms with Crippen LogP contribution in [-0.4, -0.2) is 23.5 Å². The first-order chi connectivity index (χ1) is 8.06. The van der Waals surface area contributed by atoms with Gasteiger partial charge in [-0.15, -0.1) is 0 Å². The SMILES string of the molecule is CCCC(C)CC(=O)NCCCCCC(=O)O. The Morgan fingerprint density at radius 3 is 2.53 bits per heavy atom. The quantitative estimate of drug-likeness (QED) is 0.579. The van der Waals surface area contributed by atoms with E-state index in [4.69, 9.17) is 5.11 Å². The molecular weight excluding hydrogens is 218 g/mol. The first-order valence-electron chi connectivity index (χ1n) is 6.54. The summed E-state index contributed by atoms with van der Waals surface area (Å²) in [6.45, 7) is 4.88. The number of unbranched alkanes of at least 4 members (excludes halogenated alkanes) is 2. The molecular formula is C13H25NO3. The minimum atomic E-state index is -0.748. The van der Waals surface area contributed by atoms with Gasteiger partial charge < -0.3 is 10.4 Å². The van der Waals surface area contributed by atoms with Crippen molar-refractivity contribution in [3.63, 3.8) is 0 Å². The van der Waals surface area contributed by atoms with Gasteiger partial charge in [-0.2, -0.15) is 0 Å². The Morgan fingerprint density at radius 1 is 1.24 bits per heavy atom. The van der Waals surface area contributed by atoms with Gasteiger partial charge in [-0.25, -0.2) is 0 Å². The van der Waals surface area contributed by atoms with Gasteiger partial charge in [0.25, 0.3) is 0 Å². The smallest absolute Gasteiger partial charge is 0.303 e. The number of carbonyl (C=O) groups excluding carboxylic acids is 1. The predicted molar refractivity (Wildman–Crippen MR) is 67.8 cm³/mol. The summed E-state index contributed by atoms with van der Waals surface area (Å²) in [5.74, 6) is -0.182. The zero-order valence-corrected chi connectivity index (χ0v) is 11.0. The van der Waals surface area contributed by atoms with E-state index in [0.717, 1.165) is 25.7 Å². The second kappa shape index (κ2) is 10.1. The first-order valence-corrected chi connectivity index (χ1v) is 6.54. The van der Waals surface area contributed by atoms with E-state index in [9.17, 15) is 9.59 Å². The van der Waals surface area contributed by atoms with Crippen molar-refractivity contribution in [1.29, 1.82) is 0 Å². The predicted octanol–water partition coefficient (Wildman–Crippen LogP) is 2.57. The van der Waals surface area contributed by atoms with E-state index in [1.54, 1.807) is 0 Å². The van der Waals surface area contributed by atoms with Crippen LogP contribution in [0.4, 0.5) is 0 Å². The van der Waals surface area contributed by atoms with Crippen molar-refractivity contribution in [2.45, 2.75) is 58.8 Å². The summed E-state index contributed by atoms with van der Waals surface area (Å²) in [6, 6.07) is 0. The third-order valence-corrected chi connectivity index (χ3v) is 2.70. The van der Waals surface area contributed by atoms with Crippen LogP contribution in [0.2, 0.25) is 0 Å². The van der Waals surface area contributed by atoms with Crippen LogP contribution in [0, 0.1) is 5.92 Å². The largest absolute Gasteiger partial charge is 0.481 e. The van der Waals surface area contributed by atoms with Gasteiger partial charge in [0.05, 0.1) is 0 Å². The van der Waals surface area contributed by atoms with Crippen LogP contribution in [0.5, 0.6) is 0 Å². The molecule has 2 N–H and O–H groups in total. The monoisotopic (exact) mass is 243 g/mol. The van der Waals surface area contributed by atoms with E-state index in [0.29, 0.717) is 25.3 Å². The van der Waals surface area contributed by atoms with Gasteiger partial charge in [-0.05, 0) is 18.8 Å². The average Bonchev–Trinajstić information content (AvgIpc) is 2.23. The van der Waals surface area contributed by atoms with Crippen LogP contribution >= 0.6 is 0 Å². The van der Waals surface area contributed by atoms with E-state index >= 15 is 0 Å². The summed E-state index contributed by atoms with van der Waals surface area (Å²) in [5, 5.41) is 11.3. The molecule has 0 aliphatic heterocycles. The maximum atomic E-state index is 11.5. The summed E-state index contributed by atoms with van der Waals surface area (Å²) in [4.78, 5) is 21.7. The van der Waals surface area contributed by atoms with Crippen molar-refractivity contribution in [1.82, 2.24) is 5.32 Å². The molecule has 0 bridgehead atoms. The normalized spacial score (nSPS) is 12.1. The molecule has 1 unspecified atom stereocenters. The van der Waals surface area contributed by atoms with Crippen LogP contribution in [-0.2, 0) is 9.59 Å². The fraction of sp³-hybridized carbons (Fsp3) is 0.846. The summed E-state index contributed by atoms with van der Waals surface area (Å²) >= 11 is 0. The molecule has 0 fully saturated rings. The van der Waals surface area contributed by atoms with E-state index in [1.807, 2.05) is 0 Å². The van der Waals surface area contributed by atoms with Crippen molar-refractivity contribution < 1.29 is 14.7 Å². The Kier molecular flexibility index (Phi) is 9.49. The van der Waals surface area contributed by atoms with E-state index < -0.39 is 5.97 Å². The summed E-state index contributed by atoms with van der Waals surface area (Å²) in [5.41, 5.74) is 0. The third kappa shape index (κ3) is 11.2. The molecule has 0 aromatic carbocycles. The number of carboxylic acids is 1. The number of carbonyl (C=O) groups is 2. The summed E-state index contributed by atoms with van der Waals surface area (Å²) in [6.07, 6.45) is 5.44. The number of nitrogens with one attached hydrogen (secondary N) is 1. The number of aliphatic carboxylic acids is 1. The molecule has 0 radical (unpaired) electrons. The second-order valence-corrected chi connectivity index (χ2v) is 4.65. The van der Waals surface area contributed by atoms with Crippen molar-refractivity contribution in [3.05, 3.63) is 0 Å². The van der Waals surface area contributed by atoms with Crippen LogP contribution in [0.1, 0.15) is 58.8 Å². The Bertz CT molecular complexity index is 229. The number of hydrogen-bond donors (Lipinski definition) is 2. The fourth-order valence-corrected chi connectivity index (χ4v) is 1.79. The number of amides is 1. The molecule has 0 aliphatic rings. The number of hydrogen-bond acceptors (Lipinski definition) is 2. The third-order valence-electron chi connectivity index (χ3n) is 2.70. The molecule has 0 aliphatic carbocycles. The van der Waals surface area contributed by atoms with Gasteiger partial charge in [0.15, 0.2) is 0 Å². The molecule has 17 heavy (non-hydrogen) atoms. The highest BCUT2D eigenvalue weighted by molar-refractivity contribution is 5.76. The van der Waals surface area contributed by atoms with Gasteiger partial charge in [0, 0.05) is 19.4 Å². The maximum absolute atomic E-state index is 11.5. The Labute approximate surface area is 104 Å². The van der Waals surface area contributed by atoms with Crippen LogP contribution in [0.15, 0.2) is 0 Å². The Hall–Kier alpha value is -1.06. The molecule has 0 rings (SSSR count). The average molecular weight is 243 g/mol. The molecule has 0 aromatic heterocycles. The van der Waals surface area contributed by atoms with Crippen molar-refractivity contribution in [2.75, 3.05) is 6.54 Å². The van der Waals surface area contributed by atoms with Gasteiger partial charge in [-0.3, -0.25) is 9.59 Å². The minimum absolute atomic E-state index is 0.115. The standard InChI is InChI=1S/C13H25NO3/c1-3-7-11(2)10-12(15)14-9-6-4-5-8-13(16)17/h11H,3-10H2,1-2H3,(H,14,15)(H,16,17). The molecule has 100 valence electrons. The van der Waals surface area contributed by atoms with Gasteiger partial charge in [-0.1, -0.05) is 33.1 Å². The Morgan fingerprint density at radius 2 is 1.94 bits per heavy atom. The fourth-order valence-electron chi connectivity index (χ4n) is 1.79. The van der Waals surface area contributed by atoms with Gasteiger partial charge >= 0.3 is 5.97 Å². The van der Waals surface area contributed by atoms with Crippen LogP contribution in [0.25, 0.3) is 0 Å². The lowest BCUT2D eigenvalue weighted by Gasteiger charge is -2.10. The zero-order valence-electron chi connectivity index (χ0n) is 11.0. The van der Waals surface area contributed by atoms with Crippen LogP contribution in [0.3, 0.4) is 0 Å². The summed E-state index contributed by atoms with van der Waals surface area (Å²) in [7, 11) is 0. The molecule has 1 amide bonds.